The summed E-state index contributed by atoms with van der Waals surface area (Å²) in [6.07, 6.45) is 2.21. The van der Waals surface area contributed by atoms with Crippen LogP contribution in [0.2, 0.25) is 5.02 Å². The zero-order valence-electron chi connectivity index (χ0n) is 10.1. The van der Waals surface area contributed by atoms with Crippen LogP contribution in [0.3, 0.4) is 0 Å². The van der Waals surface area contributed by atoms with Crippen molar-refractivity contribution in [3.05, 3.63) is 34.6 Å². The van der Waals surface area contributed by atoms with E-state index in [4.69, 9.17) is 16.7 Å². The summed E-state index contributed by atoms with van der Waals surface area (Å²) in [6, 6.07) is 4.76. The number of hydrogen-bond acceptors (Lipinski definition) is 2. The third-order valence-corrected chi connectivity index (χ3v) is 2.92. The Balaban J connectivity index is 2.61. The monoisotopic (exact) mass is 259 g/mol. The van der Waals surface area contributed by atoms with Gasteiger partial charge in [-0.2, -0.15) is 0 Å². The molecule has 0 aliphatic heterocycles. The molecule has 1 aromatic rings. The number of rotatable bonds is 7. The van der Waals surface area contributed by atoms with Crippen LogP contribution in [-0.4, -0.2) is 29.7 Å². The van der Waals surface area contributed by atoms with E-state index in [2.05, 4.69) is 11.8 Å². The maximum absolute atomic E-state index is 13.0. The highest BCUT2D eigenvalue weighted by atomic mass is 35.5. The van der Waals surface area contributed by atoms with Gasteiger partial charge in [0.1, 0.15) is 5.82 Å². The van der Waals surface area contributed by atoms with Crippen LogP contribution in [0, 0.1) is 5.82 Å². The van der Waals surface area contributed by atoms with Gasteiger partial charge < -0.3 is 5.11 Å². The zero-order valence-corrected chi connectivity index (χ0v) is 10.9. The second-order valence-electron chi connectivity index (χ2n) is 4.10. The fraction of sp³-hybridized carbons (Fsp3) is 0.538. The molecular weight excluding hydrogens is 241 g/mol. The fourth-order valence-corrected chi connectivity index (χ4v) is 1.89. The Bertz CT molecular complexity index is 346. The van der Waals surface area contributed by atoms with E-state index in [0.717, 1.165) is 24.9 Å². The first-order valence-corrected chi connectivity index (χ1v) is 6.32. The van der Waals surface area contributed by atoms with Gasteiger partial charge >= 0.3 is 0 Å². The standard InChI is InChI=1S/C13H19ClFNO/c1-2-3-6-16(7-8-17)10-11-4-5-13(15)12(14)9-11/h4-5,9,17H,2-3,6-8,10H2,1H3. The molecule has 0 radical (unpaired) electrons. The largest absolute Gasteiger partial charge is 0.395 e. The summed E-state index contributed by atoms with van der Waals surface area (Å²) in [5.41, 5.74) is 0.973. The van der Waals surface area contributed by atoms with Crippen LogP contribution in [0.5, 0.6) is 0 Å². The van der Waals surface area contributed by atoms with Crippen molar-refractivity contribution in [1.82, 2.24) is 4.90 Å². The lowest BCUT2D eigenvalue weighted by molar-refractivity contribution is 0.188. The molecule has 0 amide bonds. The van der Waals surface area contributed by atoms with Gasteiger partial charge in [0, 0.05) is 13.1 Å². The molecule has 96 valence electrons. The molecule has 0 spiro atoms. The van der Waals surface area contributed by atoms with Crippen LogP contribution in [0.25, 0.3) is 0 Å². The molecule has 0 fully saturated rings. The molecule has 0 heterocycles. The van der Waals surface area contributed by atoms with Crippen molar-refractivity contribution in [3.8, 4) is 0 Å². The number of hydrogen-bond donors (Lipinski definition) is 1. The van der Waals surface area contributed by atoms with Crippen molar-refractivity contribution >= 4 is 11.6 Å². The van der Waals surface area contributed by atoms with Gasteiger partial charge in [-0.3, -0.25) is 4.90 Å². The van der Waals surface area contributed by atoms with Crippen LogP contribution in [-0.2, 0) is 6.54 Å². The first-order chi connectivity index (χ1) is 8.17. The summed E-state index contributed by atoms with van der Waals surface area (Å²) < 4.78 is 13.0. The Morgan fingerprint density at radius 3 is 2.71 bits per heavy atom. The maximum Gasteiger partial charge on any atom is 0.141 e. The van der Waals surface area contributed by atoms with E-state index in [-0.39, 0.29) is 11.6 Å². The lowest BCUT2D eigenvalue weighted by Crippen LogP contribution is -2.27. The minimum atomic E-state index is -0.391. The predicted octanol–water partition coefficient (Wildman–Crippen LogP) is 3.07. The molecule has 1 aromatic carbocycles. The third kappa shape index (κ3) is 5.02. The van der Waals surface area contributed by atoms with Crippen molar-refractivity contribution in [3.63, 3.8) is 0 Å². The van der Waals surface area contributed by atoms with Gasteiger partial charge in [0.05, 0.1) is 11.6 Å². The minimum absolute atomic E-state index is 0.138. The van der Waals surface area contributed by atoms with E-state index in [1.165, 1.54) is 6.07 Å². The molecular formula is C13H19ClFNO. The maximum atomic E-state index is 13.0. The molecule has 0 atom stereocenters. The number of halogens is 2. The van der Waals surface area contributed by atoms with Crippen LogP contribution >= 0.6 is 11.6 Å². The number of aliphatic hydroxyl groups excluding tert-OH is 1. The smallest absolute Gasteiger partial charge is 0.141 e. The van der Waals surface area contributed by atoms with Gasteiger partial charge in [-0.1, -0.05) is 31.0 Å². The third-order valence-electron chi connectivity index (χ3n) is 2.63. The van der Waals surface area contributed by atoms with E-state index in [0.29, 0.717) is 13.1 Å². The molecule has 0 bridgehead atoms. The number of nitrogens with zero attached hydrogens (tertiary/aromatic N) is 1. The fourth-order valence-electron chi connectivity index (χ4n) is 1.69. The second-order valence-corrected chi connectivity index (χ2v) is 4.51. The van der Waals surface area contributed by atoms with Gasteiger partial charge in [0.15, 0.2) is 0 Å². The van der Waals surface area contributed by atoms with Crippen molar-refractivity contribution in [2.75, 3.05) is 19.7 Å². The highest BCUT2D eigenvalue weighted by Crippen LogP contribution is 2.17. The van der Waals surface area contributed by atoms with E-state index in [1.807, 2.05) is 0 Å². The lowest BCUT2D eigenvalue weighted by Gasteiger charge is -2.21. The molecule has 0 saturated heterocycles. The average molecular weight is 260 g/mol. The van der Waals surface area contributed by atoms with Crippen LogP contribution in [0.4, 0.5) is 4.39 Å². The summed E-state index contributed by atoms with van der Waals surface area (Å²) in [6.45, 7) is 4.53. The molecule has 17 heavy (non-hydrogen) atoms. The second kappa shape index (κ2) is 7.64. The summed E-state index contributed by atoms with van der Waals surface area (Å²) in [7, 11) is 0. The first-order valence-electron chi connectivity index (χ1n) is 5.94. The minimum Gasteiger partial charge on any atom is -0.395 e. The molecule has 1 N–H and O–H groups in total. The number of benzene rings is 1. The molecule has 0 aliphatic rings. The summed E-state index contributed by atoms with van der Waals surface area (Å²) in [5, 5.41) is 9.14. The average Bonchev–Trinajstić information content (AvgIpc) is 2.31. The van der Waals surface area contributed by atoms with Crippen molar-refractivity contribution in [2.45, 2.75) is 26.3 Å². The van der Waals surface area contributed by atoms with E-state index in [9.17, 15) is 4.39 Å². The van der Waals surface area contributed by atoms with Crippen molar-refractivity contribution in [1.29, 1.82) is 0 Å². The van der Waals surface area contributed by atoms with Crippen molar-refractivity contribution < 1.29 is 9.50 Å². The first kappa shape index (κ1) is 14.4. The highest BCUT2D eigenvalue weighted by molar-refractivity contribution is 6.30. The Hall–Kier alpha value is -0.640. The van der Waals surface area contributed by atoms with Gasteiger partial charge in [0.2, 0.25) is 0 Å². The van der Waals surface area contributed by atoms with E-state index >= 15 is 0 Å². The topological polar surface area (TPSA) is 23.5 Å². The van der Waals surface area contributed by atoms with Gasteiger partial charge in [0.25, 0.3) is 0 Å². The zero-order chi connectivity index (χ0) is 12.7. The molecule has 0 unspecified atom stereocenters. The van der Waals surface area contributed by atoms with Crippen LogP contribution in [0.15, 0.2) is 18.2 Å². The molecule has 1 rings (SSSR count). The lowest BCUT2D eigenvalue weighted by atomic mass is 10.2. The van der Waals surface area contributed by atoms with Gasteiger partial charge in [-0.25, -0.2) is 4.39 Å². The van der Waals surface area contributed by atoms with Crippen LogP contribution in [0.1, 0.15) is 25.3 Å². The van der Waals surface area contributed by atoms with Gasteiger partial charge in [-0.15, -0.1) is 0 Å². The van der Waals surface area contributed by atoms with Gasteiger partial charge in [-0.05, 0) is 30.7 Å². The van der Waals surface area contributed by atoms with E-state index in [1.54, 1.807) is 12.1 Å². The van der Waals surface area contributed by atoms with E-state index < -0.39 is 5.82 Å². The Morgan fingerprint density at radius 1 is 1.35 bits per heavy atom. The number of unbranched alkanes of at least 4 members (excludes halogenated alkanes) is 1. The molecule has 0 aromatic heterocycles. The summed E-state index contributed by atoms with van der Waals surface area (Å²) in [5.74, 6) is -0.391. The molecule has 4 heteroatoms. The Labute approximate surface area is 107 Å². The summed E-state index contributed by atoms with van der Waals surface area (Å²) in [4.78, 5) is 2.15. The normalized spacial score (nSPS) is 11.1. The van der Waals surface area contributed by atoms with Crippen molar-refractivity contribution in [2.24, 2.45) is 0 Å². The SMILES string of the molecule is CCCCN(CCO)Cc1ccc(F)c(Cl)c1. The number of aliphatic hydroxyl groups is 1. The molecule has 0 saturated carbocycles. The summed E-state index contributed by atoms with van der Waals surface area (Å²) >= 11 is 5.74. The predicted molar refractivity (Wildman–Crippen MR) is 68.7 cm³/mol. The highest BCUT2D eigenvalue weighted by Gasteiger charge is 2.07. The van der Waals surface area contributed by atoms with Crippen LogP contribution < -0.4 is 0 Å². The Morgan fingerprint density at radius 2 is 2.12 bits per heavy atom. The molecule has 0 aliphatic carbocycles. The Kier molecular flexibility index (Phi) is 6.48. The quantitative estimate of drug-likeness (QED) is 0.814. The molecule has 2 nitrogen and oxygen atoms in total.